The van der Waals surface area contributed by atoms with Gasteiger partial charge in [-0.05, 0) is 31.4 Å². The molecule has 1 atom stereocenters. The Morgan fingerprint density at radius 2 is 1.80 bits per heavy atom. The molecule has 1 unspecified atom stereocenters. The van der Waals surface area contributed by atoms with Gasteiger partial charge in [-0.3, -0.25) is 4.99 Å². The van der Waals surface area contributed by atoms with Gasteiger partial charge in [0.1, 0.15) is 11.6 Å². The van der Waals surface area contributed by atoms with Gasteiger partial charge in [0, 0.05) is 25.2 Å². The summed E-state index contributed by atoms with van der Waals surface area (Å²) in [4.78, 5) is 4.09. The van der Waals surface area contributed by atoms with Gasteiger partial charge >= 0.3 is 0 Å². The highest BCUT2D eigenvalue weighted by molar-refractivity contribution is 5.79. The second-order valence-corrected chi connectivity index (χ2v) is 5.13. The third-order valence-corrected chi connectivity index (χ3v) is 3.32. The smallest absolute Gasteiger partial charge is 0.191 e. The third-order valence-electron chi connectivity index (χ3n) is 3.32. The lowest BCUT2D eigenvalue weighted by Gasteiger charge is -2.20. The van der Waals surface area contributed by atoms with E-state index in [4.69, 9.17) is 0 Å². The van der Waals surface area contributed by atoms with Crippen molar-refractivity contribution in [2.45, 2.75) is 33.2 Å². The van der Waals surface area contributed by atoms with Gasteiger partial charge in [0.05, 0.1) is 0 Å². The molecule has 0 aliphatic heterocycles. The fourth-order valence-electron chi connectivity index (χ4n) is 1.65. The molecule has 0 saturated heterocycles. The van der Waals surface area contributed by atoms with Crippen molar-refractivity contribution in [3.8, 4) is 0 Å². The third kappa shape index (κ3) is 4.79. The molecule has 5 heteroatoms. The van der Waals surface area contributed by atoms with Crippen LogP contribution in [0.25, 0.3) is 0 Å². The fraction of sp³-hybridized carbons (Fsp3) is 0.533. The number of benzene rings is 1. The van der Waals surface area contributed by atoms with Crippen LogP contribution in [0.5, 0.6) is 0 Å². The molecule has 112 valence electrons. The van der Waals surface area contributed by atoms with Crippen LogP contribution in [0, 0.1) is 17.6 Å². The van der Waals surface area contributed by atoms with Crippen molar-refractivity contribution >= 4 is 5.96 Å². The van der Waals surface area contributed by atoms with Crippen LogP contribution in [0.2, 0.25) is 0 Å². The fourth-order valence-corrected chi connectivity index (χ4v) is 1.65. The molecule has 20 heavy (non-hydrogen) atoms. The Morgan fingerprint density at radius 3 is 2.30 bits per heavy atom. The summed E-state index contributed by atoms with van der Waals surface area (Å²) < 4.78 is 26.9. The van der Waals surface area contributed by atoms with Crippen molar-refractivity contribution in [3.05, 3.63) is 35.4 Å². The minimum Gasteiger partial charge on any atom is -0.356 e. The molecule has 3 nitrogen and oxygen atoms in total. The molecule has 1 aromatic rings. The highest BCUT2D eigenvalue weighted by Gasteiger charge is 2.10. The van der Waals surface area contributed by atoms with E-state index in [1.807, 2.05) is 0 Å². The summed E-state index contributed by atoms with van der Waals surface area (Å²) in [5, 5.41) is 6.30. The maximum absolute atomic E-state index is 13.5. The van der Waals surface area contributed by atoms with E-state index in [1.54, 1.807) is 7.05 Å². The van der Waals surface area contributed by atoms with Crippen LogP contribution in [-0.2, 0) is 6.42 Å². The maximum atomic E-state index is 13.5. The summed E-state index contributed by atoms with van der Waals surface area (Å²) in [6.45, 7) is 6.70. The van der Waals surface area contributed by atoms with E-state index < -0.39 is 11.6 Å². The summed E-state index contributed by atoms with van der Waals surface area (Å²) in [6.07, 6.45) is 0.273. The molecular weight excluding hydrogens is 260 g/mol. The number of aliphatic imine (C=N–C) groups is 1. The highest BCUT2D eigenvalue weighted by Crippen LogP contribution is 2.11. The van der Waals surface area contributed by atoms with Gasteiger partial charge in [-0.2, -0.15) is 0 Å². The first-order chi connectivity index (χ1) is 9.45. The summed E-state index contributed by atoms with van der Waals surface area (Å²) in [6, 6.07) is 4.18. The molecule has 0 fully saturated rings. The van der Waals surface area contributed by atoms with Crippen LogP contribution in [0.3, 0.4) is 0 Å². The molecule has 0 radical (unpaired) electrons. The number of nitrogens with one attached hydrogen (secondary N) is 2. The van der Waals surface area contributed by atoms with Gasteiger partial charge in [0.2, 0.25) is 0 Å². The zero-order valence-electron chi connectivity index (χ0n) is 12.5. The van der Waals surface area contributed by atoms with E-state index in [-0.39, 0.29) is 18.0 Å². The van der Waals surface area contributed by atoms with Crippen molar-refractivity contribution < 1.29 is 8.78 Å². The Bertz CT molecular complexity index is 438. The molecule has 0 heterocycles. The average molecular weight is 283 g/mol. The van der Waals surface area contributed by atoms with Crippen molar-refractivity contribution in [3.63, 3.8) is 0 Å². The van der Waals surface area contributed by atoms with Gasteiger partial charge in [0.15, 0.2) is 5.96 Å². The molecule has 0 amide bonds. The van der Waals surface area contributed by atoms with Gasteiger partial charge in [-0.1, -0.05) is 19.9 Å². The second-order valence-electron chi connectivity index (χ2n) is 5.13. The Balaban J connectivity index is 2.50. The number of hydrogen-bond acceptors (Lipinski definition) is 1. The average Bonchev–Trinajstić information content (AvgIpc) is 2.40. The van der Waals surface area contributed by atoms with E-state index in [0.29, 0.717) is 18.4 Å². The molecule has 0 saturated carbocycles. The lowest BCUT2D eigenvalue weighted by atomic mass is 10.1. The van der Waals surface area contributed by atoms with E-state index >= 15 is 0 Å². The van der Waals surface area contributed by atoms with E-state index in [0.717, 1.165) is 0 Å². The van der Waals surface area contributed by atoms with Crippen LogP contribution >= 0.6 is 0 Å². The van der Waals surface area contributed by atoms with Crippen LogP contribution in [0.15, 0.2) is 23.2 Å². The normalized spacial score (nSPS) is 13.4. The zero-order valence-corrected chi connectivity index (χ0v) is 12.5. The monoisotopic (exact) mass is 283 g/mol. The topological polar surface area (TPSA) is 36.4 Å². The van der Waals surface area contributed by atoms with Gasteiger partial charge < -0.3 is 10.6 Å². The number of rotatable bonds is 5. The van der Waals surface area contributed by atoms with Crippen molar-refractivity contribution in [2.24, 2.45) is 10.9 Å². The molecule has 2 N–H and O–H groups in total. The minimum absolute atomic E-state index is 0.104. The minimum atomic E-state index is -0.509. The second kappa shape index (κ2) is 7.82. The molecule has 0 aliphatic rings. The zero-order chi connectivity index (χ0) is 15.1. The molecule has 0 bridgehead atoms. The Labute approximate surface area is 119 Å². The van der Waals surface area contributed by atoms with Crippen LogP contribution in [0.1, 0.15) is 26.3 Å². The SMILES string of the molecule is CN=C(NCCc1c(F)cccc1F)NC(C)C(C)C. The number of hydrogen-bond donors (Lipinski definition) is 2. The van der Waals surface area contributed by atoms with Gasteiger partial charge in [0.25, 0.3) is 0 Å². The summed E-state index contributed by atoms with van der Waals surface area (Å²) >= 11 is 0. The van der Waals surface area contributed by atoms with E-state index in [9.17, 15) is 8.78 Å². The molecule has 0 spiro atoms. The number of nitrogens with zero attached hydrogens (tertiary/aromatic N) is 1. The lowest BCUT2D eigenvalue weighted by Crippen LogP contribution is -2.44. The van der Waals surface area contributed by atoms with Crippen LogP contribution in [-0.4, -0.2) is 25.6 Å². The summed E-state index contributed by atoms with van der Waals surface area (Å²) in [5.41, 5.74) is 0.104. The quantitative estimate of drug-likeness (QED) is 0.644. The van der Waals surface area contributed by atoms with E-state index in [2.05, 4.69) is 36.4 Å². The highest BCUT2D eigenvalue weighted by atomic mass is 19.1. The number of halogens is 2. The Kier molecular flexibility index (Phi) is 6.42. The first-order valence-corrected chi connectivity index (χ1v) is 6.85. The Morgan fingerprint density at radius 1 is 1.20 bits per heavy atom. The molecule has 0 aromatic heterocycles. The van der Waals surface area contributed by atoms with Crippen molar-refractivity contribution in [1.82, 2.24) is 10.6 Å². The van der Waals surface area contributed by atoms with Crippen molar-refractivity contribution in [1.29, 1.82) is 0 Å². The van der Waals surface area contributed by atoms with E-state index in [1.165, 1.54) is 18.2 Å². The number of guanidine groups is 1. The maximum Gasteiger partial charge on any atom is 0.191 e. The van der Waals surface area contributed by atoms with Gasteiger partial charge in [-0.25, -0.2) is 8.78 Å². The predicted molar refractivity (Wildman–Crippen MR) is 78.9 cm³/mol. The summed E-state index contributed by atoms with van der Waals surface area (Å²) in [5.74, 6) is 0.0936. The van der Waals surface area contributed by atoms with Gasteiger partial charge in [-0.15, -0.1) is 0 Å². The Hall–Kier alpha value is -1.65. The first kappa shape index (κ1) is 16.4. The lowest BCUT2D eigenvalue weighted by molar-refractivity contribution is 0.480. The van der Waals surface area contributed by atoms with Crippen molar-refractivity contribution in [2.75, 3.05) is 13.6 Å². The summed E-state index contributed by atoms with van der Waals surface area (Å²) in [7, 11) is 1.67. The predicted octanol–water partition coefficient (Wildman–Crippen LogP) is 2.72. The molecule has 0 aliphatic carbocycles. The molecular formula is C15H23F2N3. The first-order valence-electron chi connectivity index (χ1n) is 6.85. The van der Waals surface area contributed by atoms with Crippen LogP contribution in [0.4, 0.5) is 8.78 Å². The largest absolute Gasteiger partial charge is 0.356 e. The van der Waals surface area contributed by atoms with Crippen LogP contribution < -0.4 is 10.6 Å². The molecule has 1 rings (SSSR count). The molecule has 1 aromatic carbocycles. The standard InChI is InChI=1S/C15H23F2N3/c1-10(2)11(3)20-15(18-4)19-9-8-12-13(16)6-5-7-14(12)17/h5-7,10-11H,8-9H2,1-4H3,(H2,18,19,20).